The summed E-state index contributed by atoms with van der Waals surface area (Å²) in [7, 11) is 1.75. The molecule has 0 spiro atoms. The number of amides is 1. The molecule has 1 saturated carbocycles. The normalized spacial score (nSPS) is 17.0. The second-order valence-corrected chi connectivity index (χ2v) is 12.5. The number of nitrogens with zero attached hydrogens (tertiary/aromatic N) is 7. The van der Waals surface area contributed by atoms with E-state index in [0.29, 0.717) is 48.3 Å². The third-order valence-corrected chi connectivity index (χ3v) is 8.84. The van der Waals surface area contributed by atoms with E-state index in [9.17, 15) is 14.4 Å². The molecule has 1 atom stereocenters. The molecular weight excluding hydrogens is 554 g/mol. The summed E-state index contributed by atoms with van der Waals surface area (Å²) in [5, 5.41) is 0.782. The maximum Gasteiger partial charge on any atom is 0.355 e. The van der Waals surface area contributed by atoms with Gasteiger partial charge in [-0.3, -0.25) is 14.6 Å². The fraction of sp³-hybridized carbons (Fsp3) is 0.412. The van der Waals surface area contributed by atoms with E-state index < -0.39 is 5.69 Å². The van der Waals surface area contributed by atoms with E-state index in [-0.39, 0.29) is 23.4 Å². The molecule has 44 heavy (non-hydrogen) atoms. The van der Waals surface area contributed by atoms with Crippen molar-refractivity contribution < 1.29 is 4.79 Å². The summed E-state index contributed by atoms with van der Waals surface area (Å²) >= 11 is 0. The van der Waals surface area contributed by atoms with Gasteiger partial charge in [0.05, 0.1) is 22.5 Å². The van der Waals surface area contributed by atoms with Gasteiger partial charge < -0.3 is 14.4 Å². The van der Waals surface area contributed by atoms with Crippen LogP contribution in [0, 0.1) is 13.8 Å². The molecule has 10 heteroatoms. The van der Waals surface area contributed by atoms with E-state index in [1.807, 2.05) is 39.1 Å². The Kier molecular flexibility index (Phi) is 7.47. The molecule has 228 valence electrons. The molecule has 5 heterocycles. The number of fused-ring (bicyclic) bond motifs is 1. The first kappa shape index (κ1) is 29.5. The highest BCUT2D eigenvalue weighted by molar-refractivity contribution is 5.92. The number of aromatic nitrogens is 5. The average Bonchev–Trinajstić information content (AvgIpc) is 3.84. The van der Waals surface area contributed by atoms with Gasteiger partial charge in [0.25, 0.3) is 5.56 Å². The molecule has 1 aliphatic heterocycles. The van der Waals surface area contributed by atoms with E-state index in [4.69, 9.17) is 9.97 Å². The molecule has 1 amide bonds. The molecule has 10 nitrogen and oxygen atoms in total. The van der Waals surface area contributed by atoms with Crippen molar-refractivity contribution >= 4 is 22.8 Å². The summed E-state index contributed by atoms with van der Waals surface area (Å²) in [5.41, 5.74) is 5.73. The number of hydrogen-bond acceptors (Lipinski definition) is 7. The van der Waals surface area contributed by atoms with Gasteiger partial charge in [0, 0.05) is 56.2 Å². The predicted molar refractivity (Wildman–Crippen MR) is 173 cm³/mol. The molecule has 4 aromatic heterocycles. The topological polar surface area (TPSA) is 106 Å². The molecule has 0 bridgehead atoms. The zero-order valence-corrected chi connectivity index (χ0v) is 26.3. The molecule has 0 unspecified atom stereocenters. The van der Waals surface area contributed by atoms with Gasteiger partial charge in [-0.1, -0.05) is 20.4 Å². The van der Waals surface area contributed by atoms with Crippen LogP contribution in [0.5, 0.6) is 0 Å². The van der Waals surface area contributed by atoms with E-state index in [0.717, 1.165) is 46.3 Å². The monoisotopic (exact) mass is 593 g/mol. The number of hydrogen-bond donors (Lipinski definition) is 0. The summed E-state index contributed by atoms with van der Waals surface area (Å²) in [6.07, 6.45) is 7.03. The van der Waals surface area contributed by atoms with Crippen LogP contribution in [0.3, 0.4) is 0 Å². The van der Waals surface area contributed by atoms with Crippen molar-refractivity contribution in [3.05, 3.63) is 86.5 Å². The molecule has 4 aromatic rings. The minimum atomic E-state index is -0.434. The molecule has 6 rings (SSSR count). The Bertz CT molecular complexity index is 1910. The quantitative estimate of drug-likeness (QED) is 0.306. The van der Waals surface area contributed by atoms with Crippen molar-refractivity contribution in [2.24, 2.45) is 7.05 Å². The van der Waals surface area contributed by atoms with Crippen LogP contribution in [0.2, 0.25) is 0 Å². The number of pyridine rings is 3. The van der Waals surface area contributed by atoms with Gasteiger partial charge in [0.15, 0.2) is 5.65 Å². The van der Waals surface area contributed by atoms with Crippen LogP contribution in [-0.4, -0.2) is 60.6 Å². The van der Waals surface area contributed by atoms with Crippen molar-refractivity contribution in [2.75, 3.05) is 24.5 Å². The first-order valence-electron chi connectivity index (χ1n) is 15.3. The van der Waals surface area contributed by atoms with Gasteiger partial charge >= 0.3 is 5.69 Å². The predicted octanol–water partition coefficient (Wildman–Crippen LogP) is 4.38. The Hall–Kier alpha value is -4.60. The summed E-state index contributed by atoms with van der Waals surface area (Å²) in [5.74, 6) is 0.856. The zero-order valence-electron chi connectivity index (χ0n) is 26.3. The lowest BCUT2D eigenvalue weighted by molar-refractivity contribution is -0.126. The van der Waals surface area contributed by atoms with Crippen LogP contribution < -0.4 is 16.1 Å². The van der Waals surface area contributed by atoms with Crippen LogP contribution in [0.4, 0.5) is 5.82 Å². The Balaban J connectivity index is 1.67. The van der Waals surface area contributed by atoms with E-state index in [1.54, 1.807) is 27.3 Å². The van der Waals surface area contributed by atoms with Crippen LogP contribution in [0.25, 0.3) is 28.0 Å². The Morgan fingerprint density at radius 1 is 1.09 bits per heavy atom. The first-order valence-corrected chi connectivity index (χ1v) is 15.3. The SMILES string of the molecule is C=CC(=O)N1CCN(c2nc(=O)n(-c3c(C)ccnc3C(C)C)c3nc(-c4cc(C)c(=O)n(C)c4)c(C4CC4)cc23)[C@@H](C)C1. The minimum Gasteiger partial charge on any atom is -0.350 e. The fourth-order valence-electron chi connectivity index (χ4n) is 6.40. The van der Waals surface area contributed by atoms with Crippen LogP contribution in [-0.2, 0) is 11.8 Å². The third-order valence-electron chi connectivity index (χ3n) is 8.84. The Labute approximate surface area is 256 Å². The highest BCUT2D eigenvalue weighted by Gasteiger charge is 2.33. The first-order chi connectivity index (χ1) is 21.0. The third kappa shape index (κ3) is 5.02. The Morgan fingerprint density at radius 3 is 2.48 bits per heavy atom. The van der Waals surface area contributed by atoms with Gasteiger partial charge in [-0.15, -0.1) is 0 Å². The number of anilines is 1. The van der Waals surface area contributed by atoms with Crippen molar-refractivity contribution in [1.82, 2.24) is 29.0 Å². The van der Waals surface area contributed by atoms with Crippen LogP contribution in [0.1, 0.15) is 67.8 Å². The number of aryl methyl sites for hydroxylation is 3. The molecule has 2 aliphatic rings. The number of carbonyl (C=O) groups excluding carboxylic acids is 1. The van der Waals surface area contributed by atoms with Crippen molar-refractivity contribution in [1.29, 1.82) is 0 Å². The number of carbonyl (C=O) groups is 1. The summed E-state index contributed by atoms with van der Waals surface area (Å²) in [6, 6.07) is 5.86. The maximum absolute atomic E-state index is 14.2. The fourth-order valence-corrected chi connectivity index (χ4v) is 6.40. The van der Waals surface area contributed by atoms with Crippen molar-refractivity contribution in [2.45, 2.75) is 65.3 Å². The van der Waals surface area contributed by atoms with Gasteiger partial charge in [-0.25, -0.2) is 14.3 Å². The van der Waals surface area contributed by atoms with Gasteiger partial charge in [-0.05, 0) is 80.9 Å². The molecule has 1 saturated heterocycles. The number of rotatable bonds is 6. The molecule has 0 aromatic carbocycles. The maximum atomic E-state index is 14.2. The lowest BCUT2D eigenvalue weighted by atomic mass is 10.00. The molecular formula is C34H39N7O3. The summed E-state index contributed by atoms with van der Waals surface area (Å²) in [4.78, 5) is 57.8. The van der Waals surface area contributed by atoms with E-state index >= 15 is 0 Å². The van der Waals surface area contributed by atoms with Gasteiger partial charge in [0.2, 0.25) is 5.91 Å². The van der Waals surface area contributed by atoms with E-state index in [2.05, 4.69) is 36.4 Å². The molecule has 0 radical (unpaired) electrons. The molecule has 0 N–H and O–H groups in total. The second-order valence-electron chi connectivity index (χ2n) is 12.5. The lowest BCUT2D eigenvalue weighted by Crippen LogP contribution is -2.54. The molecule has 2 fully saturated rings. The van der Waals surface area contributed by atoms with Crippen LogP contribution >= 0.6 is 0 Å². The minimum absolute atomic E-state index is 0.0541. The largest absolute Gasteiger partial charge is 0.355 e. The van der Waals surface area contributed by atoms with Crippen LogP contribution in [0.15, 0.2) is 52.8 Å². The summed E-state index contributed by atoms with van der Waals surface area (Å²) in [6.45, 7) is 15.1. The van der Waals surface area contributed by atoms with Crippen molar-refractivity contribution in [3.8, 4) is 16.9 Å². The lowest BCUT2D eigenvalue weighted by Gasteiger charge is -2.40. The molecule has 1 aliphatic carbocycles. The Morgan fingerprint density at radius 2 is 1.84 bits per heavy atom. The van der Waals surface area contributed by atoms with Gasteiger partial charge in [0.1, 0.15) is 5.82 Å². The standard InChI is InChI=1S/C34H39N7O3/c1-8-27(42)39-13-14-40(22(6)17-39)31-26-16-25(23-9-10-23)29(24-15-21(5)33(43)38(7)18-24)36-32(26)41(34(44)37-31)30-20(4)11-12-35-28(30)19(2)3/h8,11-12,15-16,18-19,22-23H,1,9-10,13-14,17H2,2-7H3/t22-/m0/s1. The second kappa shape index (κ2) is 11.2. The highest BCUT2D eigenvalue weighted by atomic mass is 16.2. The van der Waals surface area contributed by atoms with Gasteiger partial charge in [-0.2, -0.15) is 4.98 Å². The number of piperazine rings is 1. The average molecular weight is 594 g/mol. The smallest absolute Gasteiger partial charge is 0.350 e. The van der Waals surface area contributed by atoms with Crippen molar-refractivity contribution in [3.63, 3.8) is 0 Å². The summed E-state index contributed by atoms with van der Waals surface area (Å²) < 4.78 is 3.21. The zero-order chi connectivity index (χ0) is 31.4. The van der Waals surface area contributed by atoms with E-state index in [1.165, 1.54) is 6.08 Å². The highest BCUT2D eigenvalue weighted by Crippen LogP contribution is 2.46.